The molecule has 1 nitrogen and oxygen atoms in total. The number of hydrogen-bond acceptors (Lipinski definition) is 1. The lowest BCUT2D eigenvalue weighted by Gasteiger charge is -2.13. The molecule has 19 heavy (non-hydrogen) atoms. The quantitative estimate of drug-likeness (QED) is 0.856. The molecule has 1 atom stereocenters. The number of aryl methyl sites for hydroxylation is 1. The summed E-state index contributed by atoms with van der Waals surface area (Å²) in [5.74, 6) is 0. The van der Waals surface area contributed by atoms with E-state index < -0.39 is 6.10 Å². The van der Waals surface area contributed by atoms with E-state index in [-0.39, 0.29) is 0 Å². The molecule has 0 spiro atoms. The Morgan fingerprint density at radius 3 is 2.21 bits per heavy atom. The van der Waals surface area contributed by atoms with Gasteiger partial charge in [-0.3, -0.25) is 0 Å². The zero-order chi connectivity index (χ0) is 13.8. The summed E-state index contributed by atoms with van der Waals surface area (Å²) in [4.78, 5) is 0. The average Bonchev–Trinajstić information content (AvgIpc) is 2.39. The molecule has 2 rings (SSSR count). The smallest absolute Gasteiger partial charge is 0.0844 e. The Morgan fingerprint density at radius 1 is 1.00 bits per heavy atom. The zero-order valence-electron chi connectivity index (χ0n) is 10.7. The van der Waals surface area contributed by atoms with E-state index >= 15 is 0 Å². The van der Waals surface area contributed by atoms with E-state index in [0.29, 0.717) is 22.0 Å². The van der Waals surface area contributed by atoms with Crippen LogP contribution < -0.4 is 0 Å². The molecule has 0 saturated carbocycles. The largest absolute Gasteiger partial charge is 0.388 e. The molecule has 0 heterocycles. The van der Waals surface area contributed by atoms with Crippen LogP contribution in [0.1, 0.15) is 29.7 Å². The fourth-order valence-corrected chi connectivity index (χ4v) is 2.55. The van der Waals surface area contributed by atoms with Crippen LogP contribution in [-0.2, 0) is 12.8 Å². The molecule has 0 amide bonds. The molecule has 2 aromatic rings. The van der Waals surface area contributed by atoms with Gasteiger partial charge in [0.05, 0.1) is 6.10 Å². The van der Waals surface area contributed by atoms with E-state index in [1.807, 2.05) is 12.1 Å². The average molecular weight is 295 g/mol. The van der Waals surface area contributed by atoms with Crippen LogP contribution in [0, 0.1) is 0 Å². The van der Waals surface area contributed by atoms with Crippen molar-refractivity contribution in [3.05, 3.63) is 69.2 Å². The molecular formula is C16H16Cl2O. The molecule has 0 saturated heterocycles. The lowest BCUT2D eigenvalue weighted by atomic mass is 10.00. The van der Waals surface area contributed by atoms with E-state index in [4.69, 9.17) is 23.2 Å². The van der Waals surface area contributed by atoms with Gasteiger partial charge in [0.2, 0.25) is 0 Å². The van der Waals surface area contributed by atoms with Gasteiger partial charge in [-0.15, -0.1) is 0 Å². The maximum atomic E-state index is 10.2. The topological polar surface area (TPSA) is 20.2 Å². The molecule has 100 valence electrons. The zero-order valence-corrected chi connectivity index (χ0v) is 12.2. The standard InChI is InChI=1S/C16H16Cl2O/c1-2-11-3-5-12(6-4-11)9-16(19)14-8-7-13(17)10-15(14)18/h3-8,10,16,19H,2,9H2,1H3. The number of hydrogen-bond donors (Lipinski definition) is 1. The SMILES string of the molecule is CCc1ccc(CC(O)c2ccc(Cl)cc2Cl)cc1. The first-order valence-electron chi connectivity index (χ1n) is 6.31. The van der Waals surface area contributed by atoms with Gasteiger partial charge in [0, 0.05) is 16.5 Å². The highest BCUT2D eigenvalue weighted by Gasteiger charge is 2.12. The highest BCUT2D eigenvalue weighted by Crippen LogP contribution is 2.28. The summed E-state index contributed by atoms with van der Waals surface area (Å²) in [6.45, 7) is 2.12. The summed E-state index contributed by atoms with van der Waals surface area (Å²) in [7, 11) is 0. The number of aliphatic hydroxyl groups is 1. The molecule has 0 aliphatic rings. The van der Waals surface area contributed by atoms with Crippen LogP contribution in [0.5, 0.6) is 0 Å². The van der Waals surface area contributed by atoms with Crippen LogP contribution in [0.2, 0.25) is 10.0 Å². The summed E-state index contributed by atoms with van der Waals surface area (Å²) >= 11 is 11.9. The summed E-state index contributed by atoms with van der Waals surface area (Å²) < 4.78 is 0. The van der Waals surface area contributed by atoms with Gasteiger partial charge >= 0.3 is 0 Å². The maximum absolute atomic E-state index is 10.2. The Bertz CT molecular complexity index is 549. The molecule has 2 aromatic carbocycles. The second-order valence-electron chi connectivity index (χ2n) is 4.56. The summed E-state index contributed by atoms with van der Waals surface area (Å²) in [6, 6.07) is 13.4. The second-order valence-corrected chi connectivity index (χ2v) is 5.40. The van der Waals surface area contributed by atoms with Crippen molar-refractivity contribution in [3.8, 4) is 0 Å². The summed E-state index contributed by atoms with van der Waals surface area (Å²) in [6.07, 6.45) is 0.953. The van der Waals surface area contributed by atoms with Gasteiger partial charge in [-0.05, 0) is 35.2 Å². The van der Waals surface area contributed by atoms with Crippen molar-refractivity contribution in [2.45, 2.75) is 25.9 Å². The van der Waals surface area contributed by atoms with Crippen LogP contribution in [-0.4, -0.2) is 5.11 Å². The number of rotatable bonds is 4. The fourth-order valence-electron chi connectivity index (χ4n) is 2.02. The van der Waals surface area contributed by atoms with Crippen LogP contribution in [0.25, 0.3) is 0 Å². The van der Waals surface area contributed by atoms with Crippen molar-refractivity contribution in [1.82, 2.24) is 0 Å². The second kappa shape index (κ2) is 6.42. The van der Waals surface area contributed by atoms with Crippen molar-refractivity contribution in [2.24, 2.45) is 0 Å². The van der Waals surface area contributed by atoms with E-state index in [1.165, 1.54) is 5.56 Å². The van der Waals surface area contributed by atoms with Crippen LogP contribution in [0.3, 0.4) is 0 Å². The third-order valence-corrected chi connectivity index (χ3v) is 3.74. The molecule has 3 heteroatoms. The molecule has 0 radical (unpaired) electrons. The molecule has 1 N–H and O–H groups in total. The molecule has 0 aliphatic carbocycles. The van der Waals surface area contributed by atoms with E-state index in [0.717, 1.165) is 12.0 Å². The molecule has 0 aromatic heterocycles. The van der Waals surface area contributed by atoms with Crippen LogP contribution in [0.4, 0.5) is 0 Å². The summed E-state index contributed by atoms with van der Waals surface area (Å²) in [5, 5.41) is 11.3. The van der Waals surface area contributed by atoms with Gasteiger partial charge in [-0.25, -0.2) is 0 Å². The van der Waals surface area contributed by atoms with Gasteiger partial charge in [0.15, 0.2) is 0 Å². The van der Waals surface area contributed by atoms with Crippen molar-refractivity contribution < 1.29 is 5.11 Å². The minimum absolute atomic E-state index is 0.505. The first-order chi connectivity index (χ1) is 9.10. The van der Waals surface area contributed by atoms with Crippen molar-refractivity contribution in [1.29, 1.82) is 0 Å². The van der Waals surface area contributed by atoms with Gasteiger partial charge in [0.25, 0.3) is 0 Å². The Labute approximate surface area is 123 Å². The minimum atomic E-state index is -0.614. The highest BCUT2D eigenvalue weighted by atomic mass is 35.5. The van der Waals surface area contributed by atoms with Crippen molar-refractivity contribution in [3.63, 3.8) is 0 Å². The highest BCUT2D eigenvalue weighted by molar-refractivity contribution is 6.35. The van der Waals surface area contributed by atoms with Crippen molar-refractivity contribution >= 4 is 23.2 Å². The summed E-state index contributed by atoms with van der Waals surface area (Å²) in [5.41, 5.74) is 3.10. The van der Waals surface area contributed by atoms with Crippen molar-refractivity contribution in [2.75, 3.05) is 0 Å². The molecule has 1 unspecified atom stereocenters. The minimum Gasteiger partial charge on any atom is -0.388 e. The fraction of sp³-hybridized carbons (Fsp3) is 0.250. The van der Waals surface area contributed by atoms with Gasteiger partial charge in [-0.1, -0.05) is 60.5 Å². The predicted molar refractivity (Wildman–Crippen MR) is 80.9 cm³/mol. The monoisotopic (exact) mass is 294 g/mol. The normalized spacial score (nSPS) is 12.4. The number of aliphatic hydroxyl groups excluding tert-OH is 1. The third kappa shape index (κ3) is 3.73. The molecular weight excluding hydrogens is 279 g/mol. The Kier molecular flexibility index (Phi) is 4.87. The van der Waals surface area contributed by atoms with Gasteiger partial charge in [-0.2, -0.15) is 0 Å². The number of benzene rings is 2. The Hall–Kier alpha value is -1.02. The molecule has 0 aliphatic heterocycles. The van der Waals surface area contributed by atoms with E-state index in [1.54, 1.807) is 18.2 Å². The lowest BCUT2D eigenvalue weighted by Crippen LogP contribution is -2.02. The Morgan fingerprint density at radius 2 is 1.63 bits per heavy atom. The van der Waals surface area contributed by atoms with E-state index in [9.17, 15) is 5.11 Å². The first-order valence-corrected chi connectivity index (χ1v) is 7.06. The lowest BCUT2D eigenvalue weighted by molar-refractivity contribution is 0.178. The van der Waals surface area contributed by atoms with Gasteiger partial charge < -0.3 is 5.11 Å². The molecule has 0 fully saturated rings. The van der Waals surface area contributed by atoms with Gasteiger partial charge in [0.1, 0.15) is 0 Å². The van der Waals surface area contributed by atoms with Crippen LogP contribution in [0.15, 0.2) is 42.5 Å². The first kappa shape index (κ1) is 14.4. The predicted octanol–water partition coefficient (Wildman–Crippen LogP) is 4.83. The van der Waals surface area contributed by atoms with Crippen LogP contribution >= 0.6 is 23.2 Å². The molecule has 0 bridgehead atoms. The number of halogens is 2. The third-order valence-electron chi connectivity index (χ3n) is 3.18. The Balaban J connectivity index is 2.13. The maximum Gasteiger partial charge on any atom is 0.0844 e. The van der Waals surface area contributed by atoms with E-state index in [2.05, 4.69) is 19.1 Å².